The third-order valence-electron chi connectivity index (χ3n) is 1.99. The summed E-state index contributed by atoms with van der Waals surface area (Å²) in [7, 11) is 0. The molecule has 0 saturated carbocycles. The summed E-state index contributed by atoms with van der Waals surface area (Å²) in [5, 5.41) is 19.2. The number of urea groups is 1. The van der Waals surface area contributed by atoms with Gasteiger partial charge in [-0.15, -0.1) is 0 Å². The second-order valence-electron chi connectivity index (χ2n) is 3.17. The minimum atomic E-state index is -1.16. The highest BCUT2D eigenvalue weighted by Crippen LogP contribution is 2.03. The van der Waals surface area contributed by atoms with Gasteiger partial charge >= 0.3 is 12.0 Å². The van der Waals surface area contributed by atoms with Crippen LogP contribution in [0.2, 0.25) is 0 Å². The number of amides is 2. The molecule has 0 heterocycles. The van der Waals surface area contributed by atoms with Crippen LogP contribution in [0.5, 0.6) is 0 Å². The first kappa shape index (κ1) is 12.0. The Balaban J connectivity index is 2.65. The van der Waals surface area contributed by atoms with Crippen LogP contribution >= 0.6 is 0 Å². The van der Waals surface area contributed by atoms with Crippen molar-refractivity contribution in [2.24, 2.45) is 0 Å². The van der Waals surface area contributed by atoms with Crippen LogP contribution < -0.4 is 10.8 Å². The molecule has 0 spiro atoms. The number of benzene rings is 1. The zero-order chi connectivity index (χ0) is 12.0. The molecule has 86 valence electrons. The number of carboxylic acids is 1. The van der Waals surface area contributed by atoms with E-state index in [1.807, 2.05) is 6.07 Å². The average Bonchev–Trinajstić information content (AvgIpc) is 2.29. The number of hydrogen-bond acceptors (Lipinski definition) is 3. The fraction of sp³-hybridized carbons (Fsp3) is 0.200. The highest BCUT2D eigenvalue weighted by Gasteiger charge is 2.19. The van der Waals surface area contributed by atoms with Crippen molar-refractivity contribution in [1.29, 1.82) is 0 Å². The zero-order valence-corrected chi connectivity index (χ0v) is 8.38. The summed E-state index contributed by atoms with van der Waals surface area (Å²) in [5.41, 5.74) is 2.11. The molecule has 0 aliphatic carbocycles. The third-order valence-corrected chi connectivity index (χ3v) is 1.99. The number of aliphatic carboxylic acids is 1. The van der Waals surface area contributed by atoms with Crippen molar-refractivity contribution in [2.75, 3.05) is 0 Å². The molecule has 0 radical (unpaired) electrons. The number of nitrogens with one attached hydrogen (secondary N) is 2. The number of carbonyl (C=O) groups is 2. The normalized spacial score (nSPS) is 11.6. The van der Waals surface area contributed by atoms with E-state index in [2.05, 4.69) is 5.32 Å². The van der Waals surface area contributed by atoms with Crippen LogP contribution in [0.25, 0.3) is 0 Å². The lowest BCUT2D eigenvalue weighted by molar-refractivity contribution is -0.139. The molecular formula is C10H12N2O4. The van der Waals surface area contributed by atoms with Gasteiger partial charge in [0.05, 0.1) is 0 Å². The number of hydroxylamine groups is 1. The van der Waals surface area contributed by atoms with Crippen molar-refractivity contribution in [3.8, 4) is 0 Å². The number of hydrogen-bond donors (Lipinski definition) is 4. The minimum Gasteiger partial charge on any atom is -0.480 e. The fourth-order valence-electron chi connectivity index (χ4n) is 1.24. The molecule has 0 bridgehead atoms. The predicted octanol–water partition coefficient (Wildman–Crippen LogP) is 0.371. The van der Waals surface area contributed by atoms with Gasteiger partial charge in [-0.25, -0.2) is 15.1 Å². The van der Waals surface area contributed by atoms with Crippen LogP contribution in [0, 0.1) is 0 Å². The maximum absolute atomic E-state index is 10.8. The summed E-state index contributed by atoms with van der Waals surface area (Å²) in [6, 6.07) is 6.87. The van der Waals surface area contributed by atoms with Crippen LogP contribution in [0.4, 0.5) is 4.79 Å². The molecule has 1 atom stereocenters. The summed E-state index contributed by atoms with van der Waals surface area (Å²) in [6.07, 6.45) is 0.156. The van der Waals surface area contributed by atoms with Crippen molar-refractivity contribution in [3.63, 3.8) is 0 Å². The highest BCUT2D eigenvalue weighted by molar-refractivity contribution is 5.82. The number of carboxylic acid groups (broad SMARTS) is 1. The van der Waals surface area contributed by atoms with Gasteiger partial charge in [0.1, 0.15) is 6.04 Å². The summed E-state index contributed by atoms with van der Waals surface area (Å²) in [6.45, 7) is 0. The average molecular weight is 224 g/mol. The standard InChI is InChI=1S/C10H12N2O4/c13-9(14)8(11-10(15)12-16)6-7-4-2-1-3-5-7/h1-5,8,16H,6H2,(H,13,14)(H2,11,12,15)/t8-/m1/s1. The van der Waals surface area contributed by atoms with Gasteiger partial charge in [0.25, 0.3) is 0 Å². The second-order valence-corrected chi connectivity index (χ2v) is 3.17. The largest absolute Gasteiger partial charge is 0.480 e. The predicted molar refractivity (Wildman–Crippen MR) is 55.0 cm³/mol. The van der Waals surface area contributed by atoms with E-state index in [0.29, 0.717) is 0 Å². The zero-order valence-electron chi connectivity index (χ0n) is 8.38. The smallest absolute Gasteiger partial charge is 0.339 e. The monoisotopic (exact) mass is 224 g/mol. The Morgan fingerprint density at radius 3 is 2.38 bits per heavy atom. The van der Waals surface area contributed by atoms with Crippen LogP contribution in [0.3, 0.4) is 0 Å². The lowest BCUT2D eigenvalue weighted by Crippen LogP contribution is -2.46. The topological polar surface area (TPSA) is 98.7 Å². The summed E-state index contributed by atoms with van der Waals surface area (Å²) >= 11 is 0. The van der Waals surface area contributed by atoms with Crippen molar-refractivity contribution in [1.82, 2.24) is 10.8 Å². The Morgan fingerprint density at radius 2 is 1.88 bits per heavy atom. The van der Waals surface area contributed by atoms with E-state index >= 15 is 0 Å². The molecule has 0 saturated heterocycles. The second kappa shape index (κ2) is 5.72. The van der Waals surface area contributed by atoms with Gasteiger partial charge in [0.2, 0.25) is 0 Å². The first-order chi connectivity index (χ1) is 7.63. The molecule has 2 amide bonds. The third kappa shape index (κ3) is 3.58. The summed E-state index contributed by atoms with van der Waals surface area (Å²) < 4.78 is 0. The van der Waals surface area contributed by atoms with Crippen molar-refractivity contribution in [3.05, 3.63) is 35.9 Å². The van der Waals surface area contributed by atoms with Gasteiger partial charge in [0.15, 0.2) is 0 Å². The molecule has 1 aromatic rings. The molecule has 0 aromatic heterocycles. The van der Waals surface area contributed by atoms with Crippen LogP contribution in [-0.2, 0) is 11.2 Å². The van der Waals surface area contributed by atoms with Gasteiger partial charge < -0.3 is 10.4 Å². The molecule has 0 aliphatic rings. The van der Waals surface area contributed by atoms with Gasteiger partial charge in [-0.3, -0.25) is 5.21 Å². The molecule has 0 unspecified atom stereocenters. The van der Waals surface area contributed by atoms with Crippen molar-refractivity contribution >= 4 is 12.0 Å². The molecule has 1 aromatic carbocycles. The Kier molecular flexibility index (Phi) is 4.28. The molecule has 6 nitrogen and oxygen atoms in total. The summed E-state index contributed by atoms with van der Waals surface area (Å²) in [5.74, 6) is -1.16. The van der Waals surface area contributed by atoms with E-state index in [1.54, 1.807) is 24.3 Å². The lowest BCUT2D eigenvalue weighted by Gasteiger charge is -2.13. The Bertz CT molecular complexity index is 366. The first-order valence-electron chi connectivity index (χ1n) is 4.61. The molecule has 1 rings (SSSR count). The van der Waals surface area contributed by atoms with Gasteiger partial charge in [-0.2, -0.15) is 0 Å². The number of carbonyl (C=O) groups excluding carboxylic acids is 1. The van der Waals surface area contributed by atoms with Crippen LogP contribution in [0.15, 0.2) is 30.3 Å². The van der Waals surface area contributed by atoms with E-state index in [-0.39, 0.29) is 6.42 Å². The quantitative estimate of drug-likeness (QED) is 0.438. The van der Waals surface area contributed by atoms with Crippen molar-refractivity contribution in [2.45, 2.75) is 12.5 Å². The highest BCUT2D eigenvalue weighted by atomic mass is 16.5. The Hall–Kier alpha value is -2.08. The number of rotatable bonds is 4. The van der Waals surface area contributed by atoms with Crippen LogP contribution in [-0.4, -0.2) is 28.4 Å². The fourth-order valence-corrected chi connectivity index (χ4v) is 1.24. The van der Waals surface area contributed by atoms with Gasteiger partial charge in [0, 0.05) is 6.42 Å². The van der Waals surface area contributed by atoms with E-state index in [0.717, 1.165) is 5.56 Å². The maximum Gasteiger partial charge on any atom is 0.339 e. The van der Waals surface area contributed by atoms with E-state index in [4.69, 9.17) is 10.3 Å². The van der Waals surface area contributed by atoms with Crippen LogP contribution in [0.1, 0.15) is 5.56 Å². The molecule has 16 heavy (non-hydrogen) atoms. The summed E-state index contributed by atoms with van der Waals surface area (Å²) in [4.78, 5) is 21.6. The Morgan fingerprint density at radius 1 is 1.25 bits per heavy atom. The van der Waals surface area contributed by atoms with Crippen molar-refractivity contribution < 1.29 is 19.9 Å². The molecule has 0 aliphatic heterocycles. The van der Waals surface area contributed by atoms with E-state index in [1.165, 1.54) is 5.48 Å². The molecular weight excluding hydrogens is 212 g/mol. The molecule has 0 fully saturated rings. The Labute approximate surface area is 91.9 Å². The van der Waals surface area contributed by atoms with E-state index in [9.17, 15) is 9.59 Å². The van der Waals surface area contributed by atoms with Gasteiger partial charge in [-0.05, 0) is 5.56 Å². The van der Waals surface area contributed by atoms with E-state index < -0.39 is 18.0 Å². The minimum absolute atomic E-state index is 0.156. The van der Waals surface area contributed by atoms with Gasteiger partial charge in [-0.1, -0.05) is 30.3 Å². The maximum atomic E-state index is 10.8. The molecule has 4 N–H and O–H groups in total. The first-order valence-corrected chi connectivity index (χ1v) is 4.61. The SMILES string of the molecule is O=C(NO)N[C@H](Cc1ccccc1)C(=O)O. The molecule has 6 heteroatoms. The lowest BCUT2D eigenvalue weighted by atomic mass is 10.1.